The third-order valence-corrected chi connectivity index (χ3v) is 4.43. The number of hydrogen-bond donors (Lipinski definition) is 1. The Labute approximate surface area is 163 Å². The van der Waals surface area contributed by atoms with Crippen LogP contribution in [0.25, 0.3) is 16.8 Å². The molecule has 0 spiro atoms. The Bertz CT molecular complexity index is 1150. The fourth-order valence-corrected chi connectivity index (χ4v) is 2.90. The lowest BCUT2D eigenvalue weighted by Gasteiger charge is -2.08. The van der Waals surface area contributed by atoms with Crippen molar-refractivity contribution >= 4 is 11.6 Å². The van der Waals surface area contributed by atoms with E-state index in [0.717, 1.165) is 17.7 Å². The molecule has 1 N–H and O–H groups in total. The molecule has 0 aliphatic rings. The molecular weight excluding hydrogens is 381 g/mol. The minimum Gasteiger partial charge on any atom is -0.347 e. The first-order valence-corrected chi connectivity index (χ1v) is 8.74. The summed E-state index contributed by atoms with van der Waals surface area (Å²) in [6.45, 7) is 0.353. The number of halogens is 3. The molecule has 0 radical (unpaired) electrons. The number of pyridine rings is 2. The summed E-state index contributed by atoms with van der Waals surface area (Å²) >= 11 is 0. The van der Waals surface area contributed by atoms with E-state index in [1.165, 1.54) is 12.1 Å². The molecule has 3 aromatic heterocycles. The second kappa shape index (κ2) is 7.38. The van der Waals surface area contributed by atoms with Crippen LogP contribution in [-0.2, 0) is 12.7 Å². The number of carbonyl (C=O) groups is 1. The van der Waals surface area contributed by atoms with Gasteiger partial charge in [-0.3, -0.25) is 9.78 Å². The number of fused-ring (bicyclic) bond motifs is 1. The highest BCUT2D eigenvalue weighted by molar-refractivity contribution is 5.92. The quantitative estimate of drug-likeness (QED) is 0.558. The van der Waals surface area contributed by atoms with Gasteiger partial charge in [0.1, 0.15) is 11.3 Å². The van der Waals surface area contributed by atoms with Crippen LogP contribution in [-0.4, -0.2) is 20.3 Å². The molecule has 1 aromatic carbocycles. The third-order valence-electron chi connectivity index (χ3n) is 4.43. The number of amides is 1. The zero-order valence-corrected chi connectivity index (χ0v) is 15.0. The van der Waals surface area contributed by atoms with Crippen LogP contribution in [0.15, 0.2) is 73.3 Å². The monoisotopic (exact) mass is 396 g/mol. The minimum atomic E-state index is -4.37. The fourth-order valence-electron chi connectivity index (χ4n) is 2.90. The van der Waals surface area contributed by atoms with E-state index in [-0.39, 0.29) is 11.6 Å². The summed E-state index contributed by atoms with van der Waals surface area (Å²) in [7, 11) is 0. The molecule has 29 heavy (non-hydrogen) atoms. The van der Waals surface area contributed by atoms with Crippen LogP contribution >= 0.6 is 0 Å². The molecule has 4 rings (SSSR count). The number of nitrogens with one attached hydrogen (secondary N) is 1. The predicted octanol–water partition coefficient (Wildman–Crippen LogP) is 4.35. The Morgan fingerprint density at radius 2 is 1.62 bits per heavy atom. The number of hydrogen-bond acceptors (Lipinski definition) is 3. The van der Waals surface area contributed by atoms with Crippen molar-refractivity contribution in [2.75, 3.05) is 0 Å². The average Bonchev–Trinajstić information content (AvgIpc) is 3.16. The highest BCUT2D eigenvalue weighted by atomic mass is 19.4. The molecule has 0 saturated heterocycles. The van der Waals surface area contributed by atoms with Crippen LogP contribution in [0.3, 0.4) is 0 Å². The lowest BCUT2D eigenvalue weighted by atomic mass is 10.1. The van der Waals surface area contributed by atoms with Gasteiger partial charge in [0.15, 0.2) is 0 Å². The molecule has 0 bridgehead atoms. The molecule has 1 amide bonds. The number of carbonyl (C=O) groups excluding carboxylic acids is 1. The van der Waals surface area contributed by atoms with E-state index in [1.807, 2.05) is 0 Å². The normalized spacial score (nSPS) is 11.6. The summed E-state index contributed by atoms with van der Waals surface area (Å²) in [5, 5.41) is 2.79. The molecule has 5 nitrogen and oxygen atoms in total. The Morgan fingerprint density at radius 3 is 2.31 bits per heavy atom. The van der Waals surface area contributed by atoms with Gasteiger partial charge < -0.3 is 9.72 Å². The molecule has 0 saturated carbocycles. The molecule has 3 heterocycles. The van der Waals surface area contributed by atoms with Crippen molar-refractivity contribution in [2.24, 2.45) is 0 Å². The molecule has 0 unspecified atom stereocenters. The van der Waals surface area contributed by atoms with Gasteiger partial charge in [-0.15, -0.1) is 0 Å². The standard InChI is InChI=1S/C21H15F3N4O/c22-21(23,24)17-4-1-15(2-5-17)16-3-6-19-27-18(13-28(19)12-16)20(29)26-11-14-7-9-25-10-8-14/h1-10,12-13H,11H2,(H,26,29). The van der Waals surface area contributed by atoms with Gasteiger partial charge in [-0.05, 0) is 53.1 Å². The summed E-state index contributed by atoms with van der Waals surface area (Å²) < 4.78 is 39.9. The van der Waals surface area contributed by atoms with E-state index < -0.39 is 11.7 Å². The Kier molecular flexibility index (Phi) is 4.75. The number of benzene rings is 1. The van der Waals surface area contributed by atoms with E-state index in [0.29, 0.717) is 23.3 Å². The minimum absolute atomic E-state index is 0.253. The van der Waals surface area contributed by atoms with Gasteiger partial charge in [0.05, 0.1) is 5.56 Å². The van der Waals surface area contributed by atoms with E-state index >= 15 is 0 Å². The maximum absolute atomic E-state index is 12.7. The van der Waals surface area contributed by atoms with Crippen LogP contribution in [0.1, 0.15) is 21.6 Å². The topological polar surface area (TPSA) is 59.3 Å². The summed E-state index contributed by atoms with van der Waals surface area (Å²) in [6, 6.07) is 12.0. The Morgan fingerprint density at radius 1 is 0.931 bits per heavy atom. The predicted molar refractivity (Wildman–Crippen MR) is 101 cm³/mol. The molecule has 0 aliphatic carbocycles. The van der Waals surface area contributed by atoms with Gasteiger partial charge in [0.2, 0.25) is 0 Å². The van der Waals surface area contributed by atoms with Gasteiger partial charge in [0.25, 0.3) is 5.91 Å². The molecule has 0 atom stereocenters. The second-order valence-corrected chi connectivity index (χ2v) is 6.42. The van der Waals surface area contributed by atoms with Crippen molar-refractivity contribution in [3.05, 3.63) is 90.1 Å². The Hall–Kier alpha value is -3.68. The summed E-state index contributed by atoms with van der Waals surface area (Å²) in [5.74, 6) is -0.318. The second-order valence-electron chi connectivity index (χ2n) is 6.42. The molecule has 146 valence electrons. The van der Waals surface area contributed by atoms with E-state index in [2.05, 4.69) is 15.3 Å². The number of aromatic nitrogens is 3. The first-order chi connectivity index (χ1) is 13.9. The largest absolute Gasteiger partial charge is 0.416 e. The molecule has 8 heteroatoms. The fraction of sp³-hybridized carbons (Fsp3) is 0.0952. The van der Waals surface area contributed by atoms with Gasteiger partial charge >= 0.3 is 6.18 Å². The van der Waals surface area contributed by atoms with Gasteiger partial charge in [-0.2, -0.15) is 13.2 Å². The van der Waals surface area contributed by atoms with E-state index in [4.69, 9.17) is 0 Å². The maximum atomic E-state index is 12.7. The molecule has 0 fully saturated rings. The number of alkyl halides is 3. The third kappa shape index (κ3) is 4.11. The van der Waals surface area contributed by atoms with Crippen molar-refractivity contribution in [3.63, 3.8) is 0 Å². The first kappa shape index (κ1) is 18.7. The highest BCUT2D eigenvalue weighted by Gasteiger charge is 2.29. The van der Waals surface area contributed by atoms with Crippen LogP contribution in [0.4, 0.5) is 13.2 Å². The van der Waals surface area contributed by atoms with E-state index in [1.54, 1.807) is 53.5 Å². The lowest BCUT2D eigenvalue weighted by Crippen LogP contribution is -2.23. The van der Waals surface area contributed by atoms with Crippen molar-refractivity contribution in [2.45, 2.75) is 12.7 Å². The molecular formula is C21H15F3N4O. The van der Waals surface area contributed by atoms with E-state index in [9.17, 15) is 18.0 Å². The first-order valence-electron chi connectivity index (χ1n) is 8.74. The maximum Gasteiger partial charge on any atom is 0.416 e. The molecule has 4 aromatic rings. The number of nitrogens with zero attached hydrogens (tertiary/aromatic N) is 3. The van der Waals surface area contributed by atoms with Crippen molar-refractivity contribution in [1.29, 1.82) is 0 Å². The van der Waals surface area contributed by atoms with Crippen LogP contribution in [0, 0.1) is 0 Å². The SMILES string of the molecule is O=C(NCc1ccncc1)c1cn2cc(-c3ccc(C(F)(F)F)cc3)ccc2n1. The zero-order valence-electron chi connectivity index (χ0n) is 15.0. The van der Waals surface area contributed by atoms with Gasteiger partial charge in [-0.25, -0.2) is 4.98 Å². The summed E-state index contributed by atoms with van der Waals surface area (Å²) in [4.78, 5) is 20.6. The van der Waals surface area contributed by atoms with Crippen LogP contribution in [0.2, 0.25) is 0 Å². The highest BCUT2D eigenvalue weighted by Crippen LogP contribution is 2.31. The van der Waals surface area contributed by atoms with Gasteiger partial charge in [-0.1, -0.05) is 12.1 Å². The summed E-state index contributed by atoms with van der Waals surface area (Å²) in [6.07, 6.45) is 2.24. The van der Waals surface area contributed by atoms with Crippen molar-refractivity contribution in [1.82, 2.24) is 19.7 Å². The lowest BCUT2D eigenvalue weighted by molar-refractivity contribution is -0.137. The average molecular weight is 396 g/mol. The number of rotatable bonds is 4. The Balaban J connectivity index is 1.53. The van der Waals surface area contributed by atoms with Gasteiger partial charge in [0, 0.05) is 31.3 Å². The van der Waals surface area contributed by atoms with Crippen LogP contribution < -0.4 is 5.32 Å². The van der Waals surface area contributed by atoms with Crippen molar-refractivity contribution in [3.8, 4) is 11.1 Å². The smallest absolute Gasteiger partial charge is 0.347 e. The zero-order chi connectivity index (χ0) is 20.4. The summed E-state index contributed by atoms with van der Waals surface area (Å²) in [5.41, 5.74) is 2.39. The van der Waals surface area contributed by atoms with Crippen molar-refractivity contribution < 1.29 is 18.0 Å². The van der Waals surface area contributed by atoms with Crippen LogP contribution in [0.5, 0.6) is 0 Å². The number of imidazole rings is 1. The molecule has 0 aliphatic heterocycles.